The second-order valence-corrected chi connectivity index (χ2v) is 7.29. The Morgan fingerprint density at radius 1 is 1.16 bits per heavy atom. The van der Waals surface area contributed by atoms with Crippen LogP contribution in [0.25, 0.3) is 0 Å². The van der Waals surface area contributed by atoms with E-state index in [1.807, 2.05) is 30.3 Å². The van der Waals surface area contributed by atoms with Crippen LogP contribution in [-0.4, -0.2) is 54.3 Å². The molecule has 0 aromatic heterocycles. The summed E-state index contributed by atoms with van der Waals surface area (Å²) in [6.07, 6.45) is 5.08. The normalized spacial score (nSPS) is 22.3. The van der Waals surface area contributed by atoms with Crippen LogP contribution in [0.2, 0.25) is 0 Å². The predicted octanol–water partition coefficient (Wildman–Crippen LogP) is 2.26. The minimum Gasteiger partial charge on any atom is -0.388 e. The zero-order chi connectivity index (χ0) is 17.5. The number of nitrogens with zero attached hydrogens (tertiary/aromatic N) is 1. The van der Waals surface area contributed by atoms with Crippen molar-refractivity contribution in [2.45, 2.75) is 50.2 Å². The number of hydrogen-bond acceptors (Lipinski definition) is 4. The molecule has 0 saturated carbocycles. The number of nitrogens with one attached hydrogen (secondary N) is 1. The number of hydrogen-bond donors (Lipinski definition) is 2. The molecule has 1 amide bonds. The second-order valence-electron chi connectivity index (χ2n) is 7.29. The van der Waals surface area contributed by atoms with Crippen LogP contribution in [0, 0.1) is 0 Å². The van der Waals surface area contributed by atoms with Gasteiger partial charge in [-0.3, -0.25) is 9.69 Å². The number of benzene rings is 1. The van der Waals surface area contributed by atoms with E-state index in [4.69, 9.17) is 4.74 Å². The van der Waals surface area contributed by atoms with Gasteiger partial charge in [0.05, 0.1) is 12.5 Å². The van der Waals surface area contributed by atoms with Crippen LogP contribution in [0.5, 0.6) is 0 Å². The Hall–Kier alpha value is -1.43. The fourth-order valence-corrected chi connectivity index (χ4v) is 4.03. The highest BCUT2D eigenvalue weighted by atomic mass is 16.5. The van der Waals surface area contributed by atoms with Crippen molar-refractivity contribution in [3.63, 3.8) is 0 Å². The fraction of sp³-hybridized carbons (Fsp3) is 0.650. The van der Waals surface area contributed by atoms with Crippen LogP contribution >= 0.6 is 0 Å². The Labute approximate surface area is 150 Å². The molecule has 0 spiro atoms. The number of ether oxygens (including phenoxy) is 1. The number of carbonyl (C=O) groups excluding carboxylic acids is 1. The molecule has 2 aliphatic heterocycles. The molecule has 5 heteroatoms. The van der Waals surface area contributed by atoms with Crippen molar-refractivity contribution in [2.24, 2.45) is 0 Å². The monoisotopic (exact) mass is 346 g/mol. The van der Waals surface area contributed by atoms with Gasteiger partial charge in [0.15, 0.2) is 0 Å². The van der Waals surface area contributed by atoms with Gasteiger partial charge in [0.25, 0.3) is 0 Å². The number of likely N-dealkylation sites (tertiary alicyclic amines) is 1. The lowest BCUT2D eigenvalue weighted by Crippen LogP contribution is -2.59. The molecule has 0 bridgehead atoms. The zero-order valence-electron chi connectivity index (χ0n) is 15.0. The summed E-state index contributed by atoms with van der Waals surface area (Å²) in [5.41, 5.74) is 0.806. The van der Waals surface area contributed by atoms with Crippen molar-refractivity contribution in [3.8, 4) is 0 Å². The molecule has 3 rings (SSSR count). The van der Waals surface area contributed by atoms with Gasteiger partial charge in [0.1, 0.15) is 0 Å². The number of amides is 1. The van der Waals surface area contributed by atoms with E-state index < -0.39 is 6.10 Å². The van der Waals surface area contributed by atoms with Gasteiger partial charge < -0.3 is 15.2 Å². The van der Waals surface area contributed by atoms with Crippen LogP contribution in [0.15, 0.2) is 30.3 Å². The molecule has 2 aliphatic rings. The summed E-state index contributed by atoms with van der Waals surface area (Å²) < 4.78 is 5.57. The maximum Gasteiger partial charge on any atom is 0.223 e. The van der Waals surface area contributed by atoms with Gasteiger partial charge in [-0.25, -0.2) is 0 Å². The molecule has 1 aromatic rings. The number of carbonyl (C=O) groups is 1. The molecule has 1 aromatic carbocycles. The van der Waals surface area contributed by atoms with Gasteiger partial charge in [-0.15, -0.1) is 0 Å². The highest BCUT2D eigenvalue weighted by molar-refractivity contribution is 5.76. The van der Waals surface area contributed by atoms with E-state index in [-0.39, 0.29) is 17.9 Å². The van der Waals surface area contributed by atoms with Crippen LogP contribution in [0.3, 0.4) is 0 Å². The molecule has 2 fully saturated rings. The van der Waals surface area contributed by atoms with Gasteiger partial charge in [-0.1, -0.05) is 36.8 Å². The van der Waals surface area contributed by atoms with E-state index in [0.717, 1.165) is 44.7 Å². The highest BCUT2D eigenvalue weighted by Gasteiger charge is 2.39. The average Bonchev–Trinajstić information content (AvgIpc) is 2.68. The standard InChI is InChI=1S/C20H30N2O3/c23-18(17-7-3-1-4-8-17)15-19(24)21-16-20(9-13-25-14-10-20)22-11-5-2-6-12-22/h1,3-4,7-8,18,23H,2,5-6,9-16H2,(H,21,24). The smallest absolute Gasteiger partial charge is 0.223 e. The summed E-state index contributed by atoms with van der Waals surface area (Å²) in [5.74, 6) is -0.0840. The molecule has 0 aliphatic carbocycles. The predicted molar refractivity (Wildman–Crippen MR) is 97.2 cm³/mol. The SMILES string of the molecule is O=C(CC(O)c1ccccc1)NCC1(N2CCCCC2)CCOCC1. The fourth-order valence-electron chi connectivity index (χ4n) is 4.03. The van der Waals surface area contributed by atoms with Crippen LogP contribution in [0.4, 0.5) is 0 Å². The average molecular weight is 346 g/mol. The van der Waals surface area contributed by atoms with Crippen LogP contribution in [0.1, 0.15) is 50.2 Å². The first kappa shape index (κ1) is 18.4. The summed E-state index contributed by atoms with van der Waals surface area (Å²) in [6.45, 7) is 4.40. The van der Waals surface area contributed by atoms with Crippen molar-refractivity contribution < 1.29 is 14.6 Å². The van der Waals surface area contributed by atoms with Gasteiger partial charge in [-0.05, 0) is 44.3 Å². The Morgan fingerprint density at radius 3 is 2.52 bits per heavy atom. The first-order valence-corrected chi connectivity index (χ1v) is 9.52. The largest absolute Gasteiger partial charge is 0.388 e. The molecule has 2 heterocycles. The third-order valence-corrected chi connectivity index (χ3v) is 5.63. The summed E-state index contributed by atoms with van der Waals surface area (Å²) in [5, 5.41) is 13.3. The summed E-state index contributed by atoms with van der Waals surface area (Å²) >= 11 is 0. The maximum absolute atomic E-state index is 12.4. The summed E-state index contributed by atoms with van der Waals surface area (Å²) in [6, 6.07) is 9.37. The van der Waals surface area contributed by atoms with Crippen molar-refractivity contribution in [1.29, 1.82) is 0 Å². The third kappa shape index (κ3) is 4.81. The lowest BCUT2D eigenvalue weighted by Gasteiger charge is -2.48. The minimum absolute atomic E-state index is 0.0199. The van der Waals surface area contributed by atoms with Gasteiger partial charge >= 0.3 is 0 Å². The van der Waals surface area contributed by atoms with Gasteiger partial charge in [0.2, 0.25) is 5.91 Å². The summed E-state index contributed by atoms with van der Waals surface area (Å²) in [7, 11) is 0. The number of aliphatic hydroxyl groups excluding tert-OH is 1. The van der Waals surface area contributed by atoms with E-state index in [1.165, 1.54) is 19.3 Å². The number of piperidine rings is 1. The molecule has 1 atom stereocenters. The first-order valence-electron chi connectivity index (χ1n) is 9.52. The molecule has 2 saturated heterocycles. The van der Waals surface area contributed by atoms with Crippen LogP contribution < -0.4 is 5.32 Å². The molecular weight excluding hydrogens is 316 g/mol. The minimum atomic E-state index is -0.748. The number of aliphatic hydroxyl groups is 1. The molecule has 2 N–H and O–H groups in total. The summed E-state index contributed by atoms with van der Waals surface area (Å²) in [4.78, 5) is 14.9. The molecule has 0 radical (unpaired) electrons. The molecule has 1 unspecified atom stereocenters. The first-order chi connectivity index (χ1) is 12.2. The van der Waals surface area contributed by atoms with Gasteiger partial charge in [0, 0.05) is 25.3 Å². The Kier molecular flexibility index (Phi) is 6.45. The molecule has 138 valence electrons. The Bertz CT molecular complexity index is 537. The van der Waals surface area contributed by atoms with Crippen molar-refractivity contribution >= 4 is 5.91 Å². The van der Waals surface area contributed by atoms with Gasteiger partial charge in [-0.2, -0.15) is 0 Å². The van der Waals surface area contributed by atoms with Crippen molar-refractivity contribution in [2.75, 3.05) is 32.8 Å². The van der Waals surface area contributed by atoms with E-state index in [0.29, 0.717) is 6.54 Å². The second kappa shape index (κ2) is 8.79. The lowest BCUT2D eigenvalue weighted by molar-refractivity contribution is -0.124. The lowest BCUT2D eigenvalue weighted by atomic mass is 9.86. The molecule has 25 heavy (non-hydrogen) atoms. The van der Waals surface area contributed by atoms with E-state index >= 15 is 0 Å². The maximum atomic E-state index is 12.4. The topological polar surface area (TPSA) is 61.8 Å². The zero-order valence-corrected chi connectivity index (χ0v) is 15.0. The van der Waals surface area contributed by atoms with Crippen molar-refractivity contribution in [1.82, 2.24) is 10.2 Å². The van der Waals surface area contributed by atoms with Crippen LogP contribution in [-0.2, 0) is 9.53 Å². The Morgan fingerprint density at radius 2 is 1.84 bits per heavy atom. The number of rotatable bonds is 6. The Balaban J connectivity index is 1.56. The molecule has 5 nitrogen and oxygen atoms in total. The quantitative estimate of drug-likeness (QED) is 0.829. The van der Waals surface area contributed by atoms with Crippen molar-refractivity contribution in [3.05, 3.63) is 35.9 Å². The third-order valence-electron chi connectivity index (χ3n) is 5.63. The van der Waals surface area contributed by atoms with E-state index in [1.54, 1.807) is 0 Å². The van der Waals surface area contributed by atoms with E-state index in [2.05, 4.69) is 10.2 Å². The molecular formula is C20H30N2O3. The highest BCUT2D eigenvalue weighted by Crippen LogP contribution is 2.30. The van der Waals surface area contributed by atoms with E-state index in [9.17, 15) is 9.90 Å².